The van der Waals surface area contributed by atoms with Crippen molar-refractivity contribution in [2.24, 2.45) is 5.73 Å². The van der Waals surface area contributed by atoms with Gasteiger partial charge in [0.15, 0.2) is 0 Å². The van der Waals surface area contributed by atoms with E-state index in [0.717, 1.165) is 4.31 Å². The molecule has 1 rings (SSSR count). The van der Waals surface area contributed by atoms with Gasteiger partial charge in [-0.05, 0) is 24.6 Å². The summed E-state index contributed by atoms with van der Waals surface area (Å²) in [7, 11) is -2.14. The molecule has 0 radical (unpaired) electrons. The topological polar surface area (TPSA) is 63.4 Å². The average Bonchev–Trinajstić information content (AvgIpc) is 2.30. The highest BCUT2D eigenvalue weighted by atomic mass is 32.2. The molecule has 0 aliphatic rings. The Bertz CT molecular complexity index is 528. The first-order valence-corrected chi connectivity index (χ1v) is 7.15. The van der Waals surface area contributed by atoms with E-state index in [1.807, 2.05) is 0 Å². The molecule has 100 valence electrons. The monoisotopic (exact) mass is 290 g/mol. The lowest BCUT2D eigenvalue weighted by atomic mass is 10.2. The minimum absolute atomic E-state index is 0.0686. The van der Waals surface area contributed by atoms with E-state index in [2.05, 4.69) is 12.2 Å². The Labute approximate surface area is 112 Å². The molecule has 0 fully saturated rings. The van der Waals surface area contributed by atoms with Crippen molar-refractivity contribution in [3.63, 3.8) is 0 Å². The van der Waals surface area contributed by atoms with Gasteiger partial charge in [-0.3, -0.25) is 0 Å². The molecular formula is C11H15FN2O2S2. The second-order valence-electron chi connectivity index (χ2n) is 3.97. The van der Waals surface area contributed by atoms with E-state index < -0.39 is 15.3 Å². The predicted octanol–water partition coefficient (Wildman–Crippen LogP) is 1.26. The molecule has 2 N–H and O–H groups in total. The Morgan fingerprint density at radius 2 is 1.94 bits per heavy atom. The van der Waals surface area contributed by atoms with Crippen molar-refractivity contribution in [2.45, 2.75) is 18.7 Å². The quantitative estimate of drug-likeness (QED) is 0.829. The van der Waals surface area contributed by atoms with Crippen LogP contribution in [-0.2, 0) is 16.6 Å². The van der Waals surface area contributed by atoms with Gasteiger partial charge in [-0.2, -0.15) is 0 Å². The average molecular weight is 290 g/mol. The highest BCUT2D eigenvalue weighted by molar-refractivity contribution is 7.92. The Morgan fingerprint density at radius 3 is 2.39 bits per heavy atom. The van der Waals surface area contributed by atoms with Crippen LogP contribution in [-0.4, -0.2) is 30.0 Å². The Hall–Kier alpha value is -1.05. The normalized spacial score (nSPS) is 13.6. The summed E-state index contributed by atoms with van der Waals surface area (Å²) >= 11 is 4.69. The third kappa shape index (κ3) is 3.47. The molecule has 0 saturated carbocycles. The van der Waals surface area contributed by atoms with Crippen molar-refractivity contribution in [1.29, 1.82) is 0 Å². The molecule has 7 heteroatoms. The van der Waals surface area contributed by atoms with Gasteiger partial charge < -0.3 is 5.73 Å². The number of halogens is 1. The van der Waals surface area contributed by atoms with E-state index in [0.29, 0.717) is 5.56 Å². The van der Waals surface area contributed by atoms with Crippen LogP contribution in [0.25, 0.3) is 0 Å². The molecule has 18 heavy (non-hydrogen) atoms. The van der Waals surface area contributed by atoms with Gasteiger partial charge in [-0.25, -0.2) is 17.1 Å². The van der Waals surface area contributed by atoms with E-state index in [1.54, 1.807) is 0 Å². The van der Waals surface area contributed by atoms with Gasteiger partial charge in [0.05, 0.1) is 4.99 Å². The van der Waals surface area contributed by atoms with Crippen molar-refractivity contribution in [2.75, 3.05) is 7.05 Å². The van der Waals surface area contributed by atoms with Gasteiger partial charge in [-0.15, -0.1) is 0 Å². The fourth-order valence-electron chi connectivity index (χ4n) is 1.35. The molecule has 0 spiro atoms. The number of thiocarbonyl (C=S) groups is 1. The van der Waals surface area contributed by atoms with Crippen molar-refractivity contribution < 1.29 is 12.8 Å². The lowest BCUT2D eigenvalue weighted by molar-refractivity contribution is 0.464. The van der Waals surface area contributed by atoms with E-state index in [1.165, 1.54) is 38.2 Å². The maximum Gasteiger partial charge on any atom is 0.223 e. The minimum Gasteiger partial charge on any atom is -0.392 e. The molecule has 0 heterocycles. The number of benzene rings is 1. The Morgan fingerprint density at radius 1 is 1.44 bits per heavy atom. The molecular weight excluding hydrogens is 275 g/mol. The number of nitrogens with two attached hydrogens (primary N) is 1. The van der Waals surface area contributed by atoms with Crippen molar-refractivity contribution >= 4 is 27.2 Å². The highest BCUT2D eigenvalue weighted by Gasteiger charge is 2.27. The minimum atomic E-state index is -3.57. The fourth-order valence-corrected chi connectivity index (χ4v) is 2.88. The second-order valence-corrected chi connectivity index (χ2v) is 6.80. The summed E-state index contributed by atoms with van der Waals surface area (Å²) in [5.41, 5.74) is 6.04. The first-order chi connectivity index (χ1) is 8.25. The maximum atomic E-state index is 12.7. The summed E-state index contributed by atoms with van der Waals surface area (Å²) < 4.78 is 37.9. The van der Waals surface area contributed by atoms with Gasteiger partial charge >= 0.3 is 0 Å². The zero-order chi connectivity index (χ0) is 13.9. The lowest BCUT2D eigenvalue weighted by Crippen LogP contribution is -2.40. The zero-order valence-electron chi connectivity index (χ0n) is 10.1. The Kier molecular flexibility index (Phi) is 4.78. The van der Waals surface area contributed by atoms with Gasteiger partial charge in [0.25, 0.3) is 0 Å². The van der Waals surface area contributed by atoms with Crippen LogP contribution in [0.15, 0.2) is 24.3 Å². The molecule has 1 aromatic carbocycles. The molecule has 0 bridgehead atoms. The first kappa shape index (κ1) is 15.0. The van der Waals surface area contributed by atoms with Gasteiger partial charge in [-0.1, -0.05) is 24.4 Å². The summed E-state index contributed by atoms with van der Waals surface area (Å²) in [6, 6.07) is 5.64. The Balaban J connectivity index is 2.85. The zero-order valence-corrected chi connectivity index (χ0v) is 11.8. The van der Waals surface area contributed by atoms with E-state index >= 15 is 0 Å². The standard InChI is InChI=1S/C11H15FN2O2S2/c1-8(11(13)17)18(15,16)14(2)7-9-3-5-10(12)6-4-9/h3-6,8H,7H2,1-2H3,(H2,13,17). The van der Waals surface area contributed by atoms with Crippen LogP contribution < -0.4 is 5.73 Å². The molecule has 0 aliphatic heterocycles. The van der Waals surface area contributed by atoms with Crippen LogP contribution in [0.3, 0.4) is 0 Å². The van der Waals surface area contributed by atoms with Gasteiger partial charge in [0, 0.05) is 13.6 Å². The third-order valence-corrected chi connectivity index (χ3v) is 5.25. The summed E-state index contributed by atoms with van der Waals surface area (Å²) in [6.07, 6.45) is 0. The van der Waals surface area contributed by atoms with Crippen LogP contribution in [0.5, 0.6) is 0 Å². The number of rotatable bonds is 5. The molecule has 0 aromatic heterocycles. The highest BCUT2D eigenvalue weighted by Crippen LogP contribution is 2.12. The van der Waals surface area contributed by atoms with Crippen LogP contribution in [0.1, 0.15) is 12.5 Å². The SMILES string of the molecule is CC(C(N)=S)S(=O)(=O)N(C)Cc1ccc(F)cc1. The summed E-state index contributed by atoms with van der Waals surface area (Å²) in [4.78, 5) is -0.0686. The molecule has 0 amide bonds. The van der Waals surface area contributed by atoms with Crippen molar-refractivity contribution in [3.8, 4) is 0 Å². The van der Waals surface area contributed by atoms with E-state index in [4.69, 9.17) is 5.73 Å². The first-order valence-electron chi connectivity index (χ1n) is 5.24. The predicted molar refractivity (Wildman–Crippen MR) is 73.0 cm³/mol. The maximum absolute atomic E-state index is 12.7. The largest absolute Gasteiger partial charge is 0.392 e. The smallest absolute Gasteiger partial charge is 0.223 e. The van der Waals surface area contributed by atoms with Crippen LogP contribution in [0.2, 0.25) is 0 Å². The molecule has 0 saturated heterocycles. The fraction of sp³-hybridized carbons (Fsp3) is 0.364. The lowest BCUT2D eigenvalue weighted by Gasteiger charge is -2.21. The third-order valence-electron chi connectivity index (χ3n) is 2.60. The molecule has 1 unspecified atom stereocenters. The number of hydrogen-bond acceptors (Lipinski definition) is 3. The molecule has 1 atom stereocenters. The number of nitrogens with zero attached hydrogens (tertiary/aromatic N) is 1. The van der Waals surface area contributed by atoms with Crippen LogP contribution in [0, 0.1) is 5.82 Å². The van der Waals surface area contributed by atoms with Crippen molar-refractivity contribution in [3.05, 3.63) is 35.6 Å². The second kappa shape index (κ2) is 5.73. The van der Waals surface area contributed by atoms with Crippen LogP contribution >= 0.6 is 12.2 Å². The summed E-state index contributed by atoms with van der Waals surface area (Å²) in [6.45, 7) is 1.59. The number of hydrogen-bond donors (Lipinski definition) is 1. The van der Waals surface area contributed by atoms with Gasteiger partial charge in [0.2, 0.25) is 10.0 Å². The molecule has 1 aromatic rings. The number of sulfonamides is 1. The van der Waals surface area contributed by atoms with Crippen LogP contribution in [0.4, 0.5) is 4.39 Å². The molecule has 4 nitrogen and oxygen atoms in total. The summed E-state index contributed by atoms with van der Waals surface area (Å²) in [5.74, 6) is -0.360. The van der Waals surface area contributed by atoms with Crippen molar-refractivity contribution in [1.82, 2.24) is 4.31 Å². The van der Waals surface area contributed by atoms with E-state index in [9.17, 15) is 12.8 Å². The van der Waals surface area contributed by atoms with Gasteiger partial charge in [0.1, 0.15) is 11.1 Å². The molecule has 0 aliphatic carbocycles. The summed E-state index contributed by atoms with van der Waals surface area (Å²) in [5, 5.41) is -0.919. The van der Waals surface area contributed by atoms with E-state index in [-0.39, 0.29) is 17.4 Å².